The number of amides is 1. The van der Waals surface area contributed by atoms with Crippen molar-refractivity contribution in [2.75, 3.05) is 26.8 Å². The number of carboxylic acid groups (broad SMARTS) is 1. The first-order chi connectivity index (χ1) is 8.00. The van der Waals surface area contributed by atoms with E-state index in [0.717, 1.165) is 6.61 Å². The van der Waals surface area contributed by atoms with E-state index in [1.54, 1.807) is 14.0 Å². The van der Waals surface area contributed by atoms with Crippen molar-refractivity contribution >= 4 is 11.9 Å². The van der Waals surface area contributed by atoms with Crippen molar-refractivity contribution in [2.24, 2.45) is 11.8 Å². The van der Waals surface area contributed by atoms with Crippen LogP contribution in [0.2, 0.25) is 0 Å². The zero-order chi connectivity index (χ0) is 12.8. The minimum atomic E-state index is -0.880. The molecule has 0 saturated heterocycles. The number of rotatable bonds is 8. The maximum Gasteiger partial charge on any atom is 0.308 e. The molecule has 0 aromatic heterocycles. The van der Waals surface area contributed by atoms with Crippen LogP contribution in [0.5, 0.6) is 0 Å². The Bertz CT molecular complexity index is 276. The predicted molar refractivity (Wildman–Crippen MR) is 62.6 cm³/mol. The van der Waals surface area contributed by atoms with Gasteiger partial charge in [-0.1, -0.05) is 6.92 Å². The summed E-state index contributed by atoms with van der Waals surface area (Å²) in [5, 5.41) is 8.73. The summed E-state index contributed by atoms with van der Waals surface area (Å²) in [5.41, 5.74) is 0. The van der Waals surface area contributed by atoms with Crippen molar-refractivity contribution in [2.45, 2.75) is 26.2 Å². The fourth-order valence-corrected chi connectivity index (χ4v) is 1.48. The van der Waals surface area contributed by atoms with Crippen LogP contribution in [-0.2, 0) is 14.3 Å². The van der Waals surface area contributed by atoms with E-state index in [1.807, 2.05) is 0 Å². The molecule has 1 aliphatic rings. The van der Waals surface area contributed by atoms with Crippen LogP contribution < -0.4 is 0 Å². The average Bonchev–Trinajstić information content (AvgIpc) is 3.07. The van der Waals surface area contributed by atoms with Crippen molar-refractivity contribution < 1.29 is 19.4 Å². The number of carbonyl (C=O) groups excluding carboxylic acids is 1. The van der Waals surface area contributed by atoms with E-state index in [2.05, 4.69) is 0 Å². The Hall–Kier alpha value is -1.10. The molecule has 1 fully saturated rings. The molecule has 0 heterocycles. The van der Waals surface area contributed by atoms with Crippen LogP contribution in [-0.4, -0.2) is 48.7 Å². The lowest BCUT2D eigenvalue weighted by Crippen LogP contribution is -2.34. The lowest BCUT2D eigenvalue weighted by molar-refractivity contribution is -0.142. The summed E-state index contributed by atoms with van der Waals surface area (Å²) in [5.74, 6) is -0.769. The fourth-order valence-electron chi connectivity index (χ4n) is 1.48. The highest BCUT2D eigenvalue weighted by Crippen LogP contribution is 2.28. The molecular weight excluding hydrogens is 222 g/mol. The van der Waals surface area contributed by atoms with Gasteiger partial charge in [-0.3, -0.25) is 9.59 Å². The molecule has 5 heteroatoms. The Morgan fingerprint density at radius 1 is 1.47 bits per heavy atom. The Balaban J connectivity index is 2.09. The van der Waals surface area contributed by atoms with Gasteiger partial charge < -0.3 is 14.7 Å². The largest absolute Gasteiger partial charge is 0.481 e. The summed E-state index contributed by atoms with van der Waals surface area (Å²) >= 11 is 0. The number of carbonyl (C=O) groups is 2. The van der Waals surface area contributed by atoms with Gasteiger partial charge in [0, 0.05) is 20.2 Å². The van der Waals surface area contributed by atoms with Crippen molar-refractivity contribution in [3.05, 3.63) is 0 Å². The first kappa shape index (κ1) is 14.0. The van der Waals surface area contributed by atoms with Gasteiger partial charge in [0.25, 0.3) is 0 Å². The van der Waals surface area contributed by atoms with E-state index in [0.29, 0.717) is 18.9 Å². The van der Waals surface area contributed by atoms with Gasteiger partial charge in [-0.2, -0.15) is 0 Å². The van der Waals surface area contributed by atoms with Crippen molar-refractivity contribution in [3.63, 3.8) is 0 Å². The number of nitrogens with zero attached hydrogens (tertiary/aromatic N) is 1. The predicted octanol–water partition coefficient (Wildman–Crippen LogP) is 0.982. The lowest BCUT2D eigenvalue weighted by Gasteiger charge is -2.19. The number of carboxylic acids is 1. The van der Waals surface area contributed by atoms with Crippen LogP contribution >= 0.6 is 0 Å². The molecule has 1 saturated carbocycles. The molecule has 1 atom stereocenters. The second kappa shape index (κ2) is 6.59. The number of ether oxygens (including phenoxy) is 1. The quantitative estimate of drug-likeness (QED) is 0.645. The third-order valence-electron chi connectivity index (χ3n) is 2.91. The van der Waals surface area contributed by atoms with Crippen LogP contribution in [0.1, 0.15) is 26.2 Å². The smallest absolute Gasteiger partial charge is 0.308 e. The zero-order valence-electron chi connectivity index (χ0n) is 10.5. The molecular formula is C12H21NO4. The van der Waals surface area contributed by atoms with Gasteiger partial charge in [0.1, 0.15) is 0 Å². The summed E-state index contributed by atoms with van der Waals surface area (Å²) < 4.78 is 5.37. The fraction of sp³-hybridized carbons (Fsp3) is 0.833. The summed E-state index contributed by atoms with van der Waals surface area (Å²) in [4.78, 5) is 23.7. The van der Waals surface area contributed by atoms with E-state index in [4.69, 9.17) is 9.84 Å². The minimum Gasteiger partial charge on any atom is -0.481 e. The molecule has 98 valence electrons. The molecule has 1 N–H and O–H groups in total. The Kier molecular flexibility index (Phi) is 5.41. The maximum atomic E-state index is 11.6. The Labute approximate surface area is 102 Å². The number of hydrogen-bond acceptors (Lipinski definition) is 3. The summed E-state index contributed by atoms with van der Waals surface area (Å²) in [6, 6.07) is 0. The average molecular weight is 243 g/mol. The van der Waals surface area contributed by atoms with E-state index in [9.17, 15) is 9.59 Å². The molecule has 5 nitrogen and oxygen atoms in total. The highest BCUT2D eigenvalue weighted by molar-refractivity contribution is 5.77. The van der Waals surface area contributed by atoms with Crippen molar-refractivity contribution in [3.8, 4) is 0 Å². The summed E-state index contributed by atoms with van der Waals surface area (Å²) in [7, 11) is 1.63. The maximum absolute atomic E-state index is 11.6. The molecule has 0 spiro atoms. The molecule has 0 aromatic rings. The molecule has 1 unspecified atom stereocenters. The molecule has 1 aliphatic carbocycles. The van der Waals surface area contributed by atoms with Crippen LogP contribution in [0.25, 0.3) is 0 Å². The van der Waals surface area contributed by atoms with Gasteiger partial charge in [0.05, 0.1) is 18.9 Å². The molecule has 0 aromatic carbocycles. The van der Waals surface area contributed by atoms with Crippen molar-refractivity contribution in [1.29, 1.82) is 0 Å². The van der Waals surface area contributed by atoms with Crippen LogP contribution in [0.4, 0.5) is 0 Å². The topological polar surface area (TPSA) is 66.8 Å². The molecule has 1 rings (SSSR count). The highest BCUT2D eigenvalue weighted by atomic mass is 16.5. The third kappa shape index (κ3) is 5.68. The standard InChI is InChI=1S/C12H21NO4/c1-9(12(15)16)7-13(2)11(14)5-6-17-8-10-3-4-10/h9-10H,3-8H2,1-2H3,(H,15,16). The van der Waals surface area contributed by atoms with Gasteiger partial charge in [-0.25, -0.2) is 0 Å². The monoisotopic (exact) mass is 243 g/mol. The molecule has 0 radical (unpaired) electrons. The van der Waals surface area contributed by atoms with Gasteiger partial charge in [0.15, 0.2) is 0 Å². The van der Waals surface area contributed by atoms with Crippen LogP contribution in [0.3, 0.4) is 0 Å². The van der Waals surface area contributed by atoms with Gasteiger partial charge in [-0.05, 0) is 18.8 Å². The first-order valence-corrected chi connectivity index (χ1v) is 6.05. The summed E-state index contributed by atoms with van der Waals surface area (Å²) in [6.45, 7) is 3.02. The second-order valence-electron chi connectivity index (χ2n) is 4.78. The van der Waals surface area contributed by atoms with Crippen molar-refractivity contribution in [1.82, 2.24) is 4.90 Å². The van der Waals surface area contributed by atoms with Crippen LogP contribution in [0, 0.1) is 11.8 Å². The van der Waals surface area contributed by atoms with Gasteiger partial charge in [-0.15, -0.1) is 0 Å². The zero-order valence-corrected chi connectivity index (χ0v) is 10.5. The van der Waals surface area contributed by atoms with E-state index in [-0.39, 0.29) is 12.5 Å². The SMILES string of the molecule is CC(CN(C)C(=O)CCOCC1CC1)C(=O)O. The Morgan fingerprint density at radius 3 is 2.65 bits per heavy atom. The normalized spacial score (nSPS) is 16.6. The van der Waals surface area contributed by atoms with E-state index < -0.39 is 11.9 Å². The highest BCUT2D eigenvalue weighted by Gasteiger charge is 2.21. The summed E-state index contributed by atoms with van der Waals surface area (Å²) in [6.07, 6.45) is 2.81. The Morgan fingerprint density at radius 2 is 2.12 bits per heavy atom. The minimum absolute atomic E-state index is 0.0612. The van der Waals surface area contributed by atoms with E-state index in [1.165, 1.54) is 17.7 Å². The second-order valence-corrected chi connectivity index (χ2v) is 4.78. The molecule has 0 bridgehead atoms. The number of aliphatic carboxylic acids is 1. The first-order valence-electron chi connectivity index (χ1n) is 6.05. The molecule has 17 heavy (non-hydrogen) atoms. The molecule has 1 amide bonds. The van der Waals surface area contributed by atoms with Gasteiger partial charge >= 0.3 is 5.97 Å². The lowest BCUT2D eigenvalue weighted by atomic mass is 10.2. The van der Waals surface area contributed by atoms with Crippen LogP contribution in [0.15, 0.2) is 0 Å². The molecule has 0 aliphatic heterocycles. The number of hydrogen-bond donors (Lipinski definition) is 1. The third-order valence-corrected chi connectivity index (χ3v) is 2.91. The van der Waals surface area contributed by atoms with E-state index >= 15 is 0 Å². The van der Waals surface area contributed by atoms with Gasteiger partial charge in [0.2, 0.25) is 5.91 Å².